The van der Waals surface area contributed by atoms with Gasteiger partial charge in [0, 0.05) is 10.6 Å². The molecule has 3 aromatic carbocycles. The van der Waals surface area contributed by atoms with Gasteiger partial charge in [-0.15, -0.1) is 0 Å². The smallest absolute Gasteiger partial charge is 0.259 e. The van der Waals surface area contributed by atoms with E-state index in [1.54, 1.807) is 49.6 Å². The van der Waals surface area contributed by atoms with Crippen LogP contribution in [0.2, 0.25) is 5.02 Å². The number of rotatable bonds is 11. The maximum Gasteiger partial charge on any atom is 0.259 e. The van der Waals surface area contributed by atoms with Gasteiger partial charge in [0.1, 0.15) is 12.4 Å². The van der Waals surface area contributed by atoms with Crippen molar-refractivity contribution in [1.29, 1.82) is 0 Å². The van der Waals surface area contributed by atoms with Gasteiger partial charge in [0.05, 0.1) is 26.5 Å². The molecule has 2 amide bonds. The van der Waals surface area contributed by atoms with Gasteiger partial charge in [0.25, 0.3) is 11.8 Å². The minimum absolute atomic E-state index is 0.218. The maximum absolute atomic E-state index is 12.1. The summed E-state index contributed by atoms with van der Waals surface area (Å²) in [6, 6.07) is 19.3. The third-order valence-electron chi connectivity index (χ3n) is 4.74. The van der Waals surface area contributed by atoms with Crippen molar-refractivity contribution >= 4 is 29.6 Å². The fourth-order valence-corrected chi connectivity index (χ4v) is 3.08. The first-order valence-corrected chi connectivity index (χ1v) is 11.2. The largest absolute Gasteiger partial charge is 0.497 e. The minimum Gasteiger partial charge on any atom is -0.497 e. The summed E-state index contributed by atoms with van der Waals surface area (Å²) in [7, 11) is 1.54. The molecule has 0 spiro atoms. The lowest BCUT2D eigenvalue weighted by Gasteiger charge is -2.12. The van der Waals surface area contributed by atoms with E-state index in [1.165, 1.54) is 6.21 Å². The van der Waals surface area contributed by atoms with Crippen molar-refractivity contribution in [2.75, 3.05) is 20.3 Å². The highest BCUT2D eigenvalue weighted by atomic mass is 35.5. The van der Waals surface area contributed by atoms with E-state index in [0.29, 0.717) is 46.6 Å². The Morgan fingerprint density at radius 2 is 1.71 bits per heavy atom. The first kappa shape index (κ1) is 25.6. The van der Waals surface area contributed by atoms with Gasteiger partial charge in [-0.25, -0.2) is 5.43 Å². The number of halogens is 1. The summed E-state index contributed by atoms with van der Waals surface area (Å²) >= 11 is 5.92. The number of hydrogen-bond donors (Lipinski definition) is 2. The number of hydrazone groups is 1. The van der Waals surface area contributed by atoms with Crippen molar-refractivity contribution in [3.8, 4) is 17.2 Å². The van der Waals surface area contributed by atoms with Gasteiger partial charge >= 0.3 is 0 Å². The molecule has 2 N–H and O–H groups in total. The van der Waals surface area contributed by atoms with Crippen molar-refractivity contribution in [2.45, 2.75) is 13.5 Å². The van der Waals surface area contributed by atoms with Gasteiger partial charge in [-0.1, -0.05) is 23.7 Å². The van der Waals surface area contributed by atoms with Crippen LogP contribution < -0.4 is 25.0 Å². The van der Waals surface area contributed by atoms with Gasteiger partial charge in [-0.2, -0.15) is 5.10 Å². The Hall–Kier alpha value is -4.04. The highest BCUT2D eigenvalue weighted by Crippen LogP contribution is 2.29. The Morgan fingerprint density at radius 3 is 2.40 bits per heavy atom. The Morgan fingerprint density at radius 1 is 0.971 bits per heavy atom. The van der Waals surface area contributed by atoms with Crippen LogP contribution in [-0.4, -0.2) is 38.3 Å². The zero-order valence-electron chi connectivity index (χ0n) is 19.4. The molecule has 0 saturated heterocycles. The quantitative estimate of drug-likeness (QED) is 0.307. The molecule has 182 valence electrons. The lowest BCUT2D eigenvalue weighted by molar-refractivity contribution is -0.120. The highest BCUT2D eigenvalue weighted by Gasteiger charge is 2.09. The molecule has 0 heterocycles. The second-order valence-corrected chi connectivity index (χ2v) is 7.70. The molecule has 0 fully saturated rings. The average molecular weight is 496 g/mol. The molecular formula is C26H26ClN3O5. The molecule has 3 rings (SSSR count). The normalized spacial score (nSPS) is 10.6. The molecule has 0 aliphatic carbocycles. The van der Waals surface area contributed by atoms with Crippen LogP contribution in [0.25, 0.3) is 0 Å². The number of amides is 2. The Balaban J connectivity index is 1.51. The van der Waals surface area contributed by atoms with E-state index in [0.717, 1.165) is 5.56 Å². The molecule has 35 heavy (non-hydrogen) atoms. The number of nitrogens with zero attached hydrogens (tertiary/aromatic N) is 1. The van der Waals surface area contributed by atoms with E-state index in [4.69, 9.17) is 25.8 Å². The van der Waals surface area contributed by atoms with E-state index in [2.05, 4.69) is 15.8 Å². The van der Waals surface area contributed by atoms with E-state index < -0.39 is 5.91 Å². The van der Waals surface area contributed by atoms with Gasteiger partial charge in [-0.05, 0) is 72.6 Å². The predicted molar refractivity (Wildman–Crippen MR) is 134 cm³/mol. The van der Waals surface area contributed by atoms with Crippen LogP contribution in [0, 0.1) is 0 Å². The third-order valence-corrected chi connectivity index (χ3v) is 4.99. The first-order chi connectivity index (χ1) is 17.0. The zero-order valence-corrected chi connectivity index (χ0v) is 20.2. The molecule has 0 bridgehead atoms. The number of hydrogen-bond acceptors (Lipinski definition) is 6. The van der Waals surface area contributed by atoms with Crippen molar-refractivity contribution in [2.24, 2.45) is 5.10 Å². The summed E-state index contributed by atoms with van der Waals surface area (Å²) < 4.78 is 16.6. The van der Waals surface area contributed by atoms with Crippen molar-refractivity contribution in [1.82, 2.24) is 10.7 Å². The molecule has 0 aliphatic rings. The van der Waals surface area contributed by atoms with E-state index in [1.807, 2.05) is 31.2 Å². The fraction of sp³-hybridized carbons (Fsp3) is 0.192. The topological polar surface area (TPSA) is 98.2 Å². The lowest BCUT2D eigenvalue weighted by atomic mass is 10.2. The van der Waals surface area contributed by atoms with Gasteiger partial charge in [-0.3, -0.25) is 9.59 Å². The summed E-state index contributed by atoms with van der Waals surface area (Å²) in [5.74, 6) is 0.952. The number of nitrogens with one attached hydrogen (secondary N) is 2. The minimum atomic E-state index is -0.462. The van der Waals surface area contributed by atoms with Crippen molar-refractivity contribution < 1.29 is 23.8 Å². The second kappa shape index (κ2) is 13.0. The molecule has 3 aromatic rings. The Labute approximate surface area is 208 Å². The van der Waals surface area contributed by atoms with Gasteiger partial charge in [0.2, 0.25) is 0 Å². The monoisotopic (exact) mass is 495 g/mol. The van der Waals surface area contributed by atoms with Crippen molar-refractivity contribution in [3.63, 3.8) is 0 Å². The highest BCUT2D eigenvalue weighted by molar-refractivity contribution is 6.30. The van der Waals surface area contributed by atoms with Crippen LogP contribution in [0.4, 0.5) is 0 Å². The summed E-state index contributed by atoms with van der Waals surface area (Å²) in [4.78, 5) is 24.2. The number of methoxy groups -OCH3 is 1. The molecule has 0 atom stereocenters. The fourth-order valence-electron chi connectivity index (χ4n) is 2.96. The second-order valence-electron chi connectivity index (χ2n) is 7.26. The van der Waals surface area contributed by atoms with Crippen LogP contribution in [-0.2, 0) is 11.4 Å². The molecule has 0 aromatic heterocycles. The SMILES string of the molecule is CCOc1cc(/C=N\NC(=O)CNC(=O)c2ccc(OC)cc2)ccc1OCc1ccc(Cl)cc1. The Kier molecular flexibility index (Phi) is 9.50. The van der Waals surface area contributed by atoms with Crippen LogP contribution in [0.5, 0.6) is 17.2 Å². The molecule has 0 unspecified atom stereocenters. The van der Waals surface area contributed by atoms with Gasteiger partial charge < -0.3 is 19.5 Å². The molecule has 8 nitrogen and oxygen atoms in total. The lowest BCUT2D eigenvalue weighted by Crippen LogP contribution is -2.34. The molecular weight excluding hydrogens is 470 g/mol. The van der Waals surface area contributed by atoms with E-state index >= 15 is 0 Å². The number of benzene rings is 3. The number of carbonyl (C=O) groups is 2. The maximum atomic E-state index is 12.1. The van der Waals surface area contributed by atoms with Crippen LogP contribution in [0.1, 0.15) is 28.4 Å². The molecule has 9 heteroatoms. The zero-order chi connectivity index (χ0) is 25.0. The van der Waals surface area contributed by atoms with Crippen LogP contribution in [0.15, 0.2) is 71.8 Å². The van der Waals surface area contributed by atoms with Crippen molar-refractivity contribution in [3.05, 3.63) is 88.4 Å². The van der Waals surface area contributed by atoms with Crippen LogP contribution in [0.3, 0.4) is 0 Å². The van der Waals surface area contributed by atoms with Crippen LogP contribution >= 0.6 is 11.6 Å². The third kappa shape index (κ3) is 8.04. The Bertz CT molecular complexity index is 1160. The van der Waals surface area contributed by atoms with E-state index in [9.17, 15) is 9.59 Å². The first-order valence-electron chi connectivity index (χ1n) is 10.9. The average Bonchev–Trinajstić information content (AvgIpc) is 2.88. The summed E-state index contributed by atoms with van der Waals surface area (Å²) in [6.07, 6.45) is 1.48. The molecule has 0 saturated carbocycles. The van der Waals surface area contributed by atoms with E-state index in [-0.39, 0.29) is 12.5 Å². The number of ether oxygens (including phenoxy) is 3. The molecule has 0 radical (unpaired) electrons. The summed E-state index contributed by atoms with van der Waals surface area (Å²) in [6.45, 7) is 2.49. The molecule has 0 aliphatic heterocycles. The summed E-state index contributed by atoms with van der Waals surface area (Å²) in [5.41, 5.74) is 4.49. The van der Waals surface area contributed by atoms with Gasteiger partial charge in [0.15, 0.2) is 11.5 Å². The number of carbonyl (C=O) groups excluding carboxylic acids is 2. The summed E-state index contributed by atoms with van der Waals surface area (Å²) in [5, 5.41) is 7.15. The standard InChI is InChI=1S/C26H26ClN3O5/c1-3-34-24-14-19(6-13-23(24)35-17-18-4-9-21(27)10-5-18)15-29-30-25(31)16-28-26(32)20-7-11-22(33-2)12-8-20/h4-15H,3,16-17H2,1-2H3,(H,28,32)(H,30,31)/b29-15-. The predicted octanol–water partition coefficient (Wildman–Crippen LogP) is 4.21.